The van der Waals surface area contributed by atoms with Crippen molar-refractivity contribution >= 4 is 35.1 Å². The zero-order chi connectivity index (χ0) is 17.3. The van der Waals surface area contributed by atoms with E-state index < -0.39 is 0 Å². The number of methoxy groups -OCH3 is 2. The summed E-state index contributed by atoms with van der Waals surface area (Å²) in [6.45, 7) is 0. The predicted octanol–water partition coefficient (Wildman–Crippen LogP) is 5.17. The van der Waals surface area contributed by atoms with Crippen LogP contribution >= 0.6 is 23.2 Å². The summed E-state index contributed by atoms with van der Waals surface area (Å²) in [4.78, 5) is 12.8. The smallest absolute Gasteiger partial charge is 0.186 e. The van der Waals surface area contributed by atoms with Gasteiger partial charge in [-0.3, -0.25) is 4.79 Å². The van der Waals surface area contributed by atoms with Crippen molar-refractivity contribution in [1.82, 2.24) is 0 Å². The average Bonchev–Trinajstić information content (AvgIpc) is 2.58. The van der Waals surface area contributed by atoms with Crippen LogP contribution in [0.15, 0.2) is 40.5 Å². The van der Waals surface area contributed by atoms with Gasteiger partial charge in [-0.1, -0.05) is 29.3 Å². The minimum Gasteiger partial charge on any atom is -0.493 e. The van der Waals surface area contributed by atoms with Crippen molar-refractivity contribution in [3.05, 3.63) is 51.0 Å². The quantitative estimate of drug-likeness (QED) is 0.693. The molecule has 0 bridgehead atoms. The molecule has 1 unspecified atom stereocenters. The fourth-order valence-electron chi connectivity index (χ4n) is 3.25. The molecule has 1 fully saturated rings. The lowest BCUT2D eigenvalue weighted by atomic mass is 9.76. The lowest BCUT2D eigenvalue weighted by Gasteiger charge is -2.28. The maximum absolute atomic E-state index is 12.8. The van der Waals surface area contributed by atoms with Gasteiger partial charge in [-0.05, 0) is 55.0 Å². The van der Waals surface area contributed by atoms with Crippen molar-refractivity contribution < 1.29 is 14.3 Å². The Labute approximate surface area is 151 Å². The third-order valence-corrected chi connectivity index (χ3v) is 5.21. The Morgan fingerprint density at radius 2 is 2.00 bits per heavy atom. The Balaban J connectivity index is 2.01. The molecule has 0 saturated heterocycles. The fourth-order valence-corrected chi connectivity index (χ4v) is 3.87. The molecule has 1 saturated carbocycles. The van der Waals surface area contributed by atoms with Gasteiger partial charge in [-0.2, -0.15) is 0 Å². The predicted molar refractivity (Wildman–Crippen MR) is 96.9 cm³/mol. The number of hydrogen-bond acceptors (Lipinski definition) is 3. The van der Waals surface area contributed by atoms with Gasteiger partial charge in [-0.25, -0.2) is 0 Å². The first-order valence-corrected chi connectivity index (χ1v) is 8.54. The van der Waals surface area contributed by atoms with Gasteiger partial charge in [0.15, 0.2) is 17.3 Å². The van der Waals surface area contributed by atoms with Crippen molar-refractivity contribution in [1.29, 1.82) is 0 Å². The number of carbonyl (C=O) groups is 1. The largest absolute Gasteiger partial charge is 0.493 e. The highest BCUT2D eigenvalue weighted by atomic mass is 35.5. The molecule has 2 aliphatic carbocycles. The van der Waals surface area contributed by atoms with Gasteiger partial charge in [0.05, 0.1) is 19.2 Å². The fraction of sp³-hybridized carbons (Fsp3) is 0.316. The molecule has 2 aliphatic rings. The number of allylic oxidation sites excluding steroid dienone is 5. The molecule has 3 rings (SSSR count). The Bertz CT molecular complexity index is 775. The zero-order valence-corrected chi connectivity index (χ0v) is 15.1. The van der Waals surface area contributed by atoms with Crippen LogP contribution in [0.4, 0.5) is 0 Å². The molecule has 1 atom stereocenters. The van der Waals surface area contributed by atoms with Crippen LogP contribution in [-0.4, -0.2) is 20.0 Å². The van der Waals surface area contributed by atoms with Crippen LogP contribution in [0.1, 0.15) is 24.8 Å². The summed E-state index contributed by atoms with van der Waals surface area (Å²) in [5.41, 5.74) is 2.19. The van der Waals surface area contributed by atoms with Gasteiger partial charge in [0.1, 0.15) is 0 Å². The standard InChI is InChI=1S/C19H18Cl2O3/c1-23-15-9-8-12(17(21)19(15)24-2)10-13-7-6-11-4-3-5-14(20)16(11)18(13)22/h3,5,8-11H,4,6-7H2,1-2H3. The van der Waals surface area contributed by atoms with Gasteiger partial charge >= 0.3 is 0 Å². The molecule has 126 valence electrons. The summed E-state index contributed by atoms with van der Waals surface area (Å²) in [6, 6.07) is 3.61. The number of rotatable bonds is 3. The van der Waals surface area contributed by atoms with Crippen LogP contribution in [0.25, 0.3) is 6.08 Å². The molecule has 3 nitrogen and oxygen atoms in total. The number of hydrogen-bond donors (Lipinski definition) is 0. The number of halogens is 2. The van der Waals surface area contributed by atoms with E-state index in [0.717, 1.165) is 36.0 Å². The molecule has 0 radical (unpaired) electrons. The molecule has 0 spiro atoms. The summed E-state index contributed by atoms with van der Waals surface area (Å²) < 4.78 is 10.6. The number of ether oxygens (including phenoxy) is 2. The van der Waals surface area contributed by atoms with Crippen molar-refractivity contribution in [3.63, 3.8) is 0 Å². The lowest BCUT2D eigenvalue weighted by Crippen LogP contribution is -2.23. The number of benzene rings is 1. The molecular weight excluding hydrogens is 347 g/mol. The van der Waals surface area contributed by atoms with Crippen LogP contribution in [0.3, 0.4) is 0 Å². The average molecular weight is 365 g/mol. The minimum absolute atomic E-state index is 0.0199. The third kappa shape index (κ3) is 2.99. The Morgan fingerprint density at radius 3 is 2.71 bits per heavy atom. The van der Waals surface area contributed by atoms with E-state index in [1.54, 1.807) is 13.2 Å². The van der Waals surface area contributed by atoms with E-state index in [0.29, 0.717) is 21.6 Å². The molecule has 1 aromatic rings. The summed E-state index contributed by atoms with van der Waals surface area (Å²) >= 11 is 12.7. The molecule has 0 aromatic heterocycles. The normalized spacial score (nSPS) is 21.9. The molecule has 0 heterocycles. The van der Waals surface area contributed by atoms with Crippen molar-refractivity contribution in [2.75, 3.05) is 14.2 Å². The van der Waals surface area contributed by atoms with Gasteiger partial charge in [0, 0.05) is 16.2 Å². The van der Waals surface area contributed by atoms with E-state index >= 15 is 0 Å². The first-order valence-electron chi connectivity index (χ1n) is 7.78. The van der Waals surface area contributed by atoms with Gasteiger partial charge in [0.2, 0.25) is 0 Å². The Hall–Kier alpha value is -1.71. The van der Waals surface area contributed by atoms with Crippen LogP contribution in [0.2, 0.25) is 5.02 Å². The SMILES string of the molecule is COc1ccc(C=C2CCC3CC=CC(Cl)=C3C2=O)c(Cl)c1OC. The molecule has 5 heteroatoms. The van der Waals surface area contributed by atoms with Crippen LogP contribution < -0.4 is 9.47 Å². The van der Waals surface area contributed by atoms with Crippen LogP contribution in [0.5, 0.6) is 11.5 Å². The van der Waals surface area contributed by atoms with E-state index in [1.807, 2.05) is 24.3 Å². The molecule has 0 amide bonds. The highest BCUT2D eigenvalue weighted by molar-refractivity contribution is 6.35. The molecule has 0 aliphatic heterocycles. The monoisotopic (exact) mass is 364 g/mol. The summed E-state index contributed by atoms with van der Waals surface area (Å²) in [5.74, 6) is 1.27. The molecular formula is C19H18Cl2O3. The van der Waals surface area contributed by atoms with E-state index in [9.17, 15) is 4.79 Å². The summed E-state index contributed by atoms with van der Waals surface area (Å²) in [7, 11) is 3.10. The summed E-state index contributed by atoms with van der Waals surface area (Å²) in [6.07, 6.45) is 8.19. The topological polar surface area (TPSA) is 35.5 Å². The first-order chi connectivity index (χ1) is 11.6. The maximum atomic E-state index is 12.8. The third-order valence-electron chi connectivity index (χ3n) is 4.49. The second kappa shape index (κ2) is 7.04. The van der Waals surface area contributed by atoms with Gasteiger partial charge in [-0.15, -0.1) is 0 Å². The van der Waals surface area contributed by atoms with E-state index in [2.05, 4.69) is 0 Å². The Kier molecular flexibility index (Phi) is 5.02. The minimum atomic E-state index is 0.0199. The number of Topliss-reactive ketones (excluding diaryl/α,β-unsaturated/α-hetero) is 1. The van der Waals surface area contributed by atoms with E-state index in [4.69, 9.17) is 32.7 Å². The number of fused-ring (bicyclic) bond motifs is 1. The highest BCUT2D eigenvalue weighted by Crippen LogP contribution is 2.41. The second-order valence-electron chi connectivity index (χ2n) is 5.84. The van der Waals surface area contributed by atoms with Crippen LogP contribution in [0, 0.1) is 5.92 Å². The lowest BCUT2D eigenvalue weighted by molar-refractivity contribution is -0.113. The van der Waals surface area contributed by atoms with E-state index in [-0.39, 0.29) is 11.7 Å². The first kappa shape index (κ1) is 17.1. The summed E-state index contributed by atoms with van der Waals surface area (Å²) in [5, 5.41) is 0.989. The molecule has 24 heavy (non-hydrogen) atoms. The van der Waals surface area contributed by atoms with E-state index in [1.165, 1.54) is 7.11 Å². The molecule has 1 aromatic carbocycles. The highest BCUT2D eigenvalue weighted by Gasteiger charge is 2.32. The van der Waals surface area contributed by atoms with Crippen molar-refractivity contribution in [3.8, 4) is 11.5 Å². The van der Waals surface area contributed by atoms with Crippen molar-refractivity contribution in [2.24, 2.45) is 5.92 Å². The number of carbonyl (C=O) groups excluding carboxylic acids is 1. The second-order valence-corrected chi connectivity index (χ2v) is 6.62. The van der Waals surface area contributed by atoms with Crippen molar-refractivity contribution in [2.45, 2.75) is 19.3 Å². The number of ketones is 1. The zero-order valence-electron chi connectivity index (χ0n) is 13.6. The van der Waals surface area contributed by atoms with Crippen LogP contribution in [-0.2, 0) is 4.79 Å². The van der Waals surface area contributed by atoms with Gasteiger partial charge in [0.25, 0.3) is 0 Å². The maximum Gasteiger partial charge on any atom is 0.186 e. The molecule has 0 N–H and O–H groups in total. The Morgan fingerprint density at radius 1 is 1.21 bits per heavy atom. The van der Waals surface area contributed by atoms with Gasteiger partial charge < -0.3 is 9.47 Å².